The molecule has 0 radical (unpaired) electrons. The number of benzene rings is 4. The summed E-state index contributed by atoms with van der Waals surface area (Å²) in [6.45, 7) is 0. The van der Waals surface area contributed by atoms with Gasteiger partial charge in [-0.2, -0.15) is 0 Å². The van der Waals surface area contributed by atoms with Crippen molar-refractivity contribution < 1.29 is 30.6 Å². The first-order valence-corrected chi connectivity index (χ1v) is 11.9. The van der Waals surface area contributed by atoms with E-state index in [-0.39, 0.29) is 46.3 Å². The van der Waals surface area contributed by atoms with Crippen LogP contribution in [0.25, 0.3) is 0 Å². The molecule has 0 aromatic heterocycles. The van der Waals surface area contributed by atoms with E-state index in [1.165, 1.54) is 12.1 Å². The topological polar surface area (TPSA) is 121 Å². The number of phenols is 6. The van der Waals surface area contributed by atoms with Crippen LogP contribution in [0.1, 0.15) is 34.6 Å². The van der Waals surface area contributed by atoms with Gasteiger partial charge in [0.1, 0.15) is 11.5 Å². The van der Waals surface area contributed by atoms with Crippen molar-refractivity contribution in [2.75, 3.05) is 0 Å². The lowest BCUT2D eigenvalue weighted by Gasteiger charge is -2.29. The minimum Gasteiger partial charge on any atom is -0.508 e. The maximum absolute atomic E-state index is 10.3. The van der Waals surface area contributed by atoms with Crippen LogP contribution in [0, 0.1) is 5.92 Å². The summed E-state index contributed by atoms with van der Waals surface area (Å²) in [4.78, 5) is 0. The van der Waals surface area contributed by atoms with E-state index in [9.17, 15) is 30.6 Å². The van der Waals surface area contributed by atoms with Crippen LogP contribution in [0.2, 0.25) is 0 Å². The first-order chi connectivity index (χ1) is 17.3. The fourth-order valence-corrected chi connectivity index (χ4v) is 4.67. The van der Waals surface area contributed by atoms with Crippen LogP contribution in [-0.4, -0.2) is 30.6 Å². The van der Waals surface area contributed by atoms with Gasteiger partial charge in [-0.15, -0.1) is 0 Å². The first kappa shape index (κ1) is 24.8. The van der Waals surface area contributed by atoms with Crippen molar-refractivity contribution in [2.24, 2.45) is 5.92 Å². The summed E-state index contributed by atoms with van der Waals surface area (Å²) >= 11 is 0. The molecule has 0 aliphatic carbocycles. The highest BCUT2D eigenvalue weighted by atomic mass is 16.3. The van der Waals surface area contributed by atoms with E-state index in [2.05, 4.69) is 0 Å². The fourth-order valence-electron chi connectivity index (χ4n) is 4.67. The molecule has 186 valence electrons. The molecule has 0 spiro atoms. The average Bonchev–Trinajstić information content (AvgIpc) is 2.86. The minimum absolute atomic E-state index is 0.0550. The number of rotatable bonds is 9. The molecule has 0 unspecified atom stereocenters. The van der Waals surface area contributed by atoms with E-state index in [1.54, 1.807) is 42.5 Å². The molecule has 0 aliphatic heterocycles. The van der Waals surface area contributed by atoms with Gasteiger partial charge < -0.3 is 30.6 Å². The van der Waals surface area contributed by atoms with Crippen molar-refractivity contribution in [3.63, 3.8) is 0 Å². The molecule has 4 rings (SSSR count). The lowest BCUT2D eigenvalue weighted by Crippen LogP contribution is -2.19. The Labute approximate surface area is 210 Å². The summed E-state index contributed by atoms with van der Waals surface area (Å²) in [6, 6.07) is 23.9. The van der Waals surface area contributed by atoms with Crippen molar-refractivity contribution in [1.82, 2.24) is 0 Å². The number of phenolic OH excluding ortho intramolecular Hbond substituents is 6. The van der Waals surface area contributed by atoms with Crippen LogP contribution < -0.4 is 0 Å². The molecule has 0 saturated carbocycles. The summed E-state index contributed by atoms with van der Waals surface area (Å²) in [7, 11) is 0. The van der Waals surface area contributed by atoms with Crippen molar-refractivity contribution in [1.29, 1.82) is 0 Å². The highest BCUT2D eigenvalue weighted by Gasteiger charge is 2.25. The van der Waals surface area contributed by atoms with Gasteiger partial charge in [-0.05, 0) is 108 Å². The van der Waals surface area contributed by atoms with E-state index in [4.69, 9.17) is 0 Å². The van der Waals surface area contributed by atoms with Crippen LogP contribution in [0.5, 0.6) is 34.5 Å². The second kappa shape index (κ2) is 11.0. The molecule has 6 heteroatoms. The molecule has 6 N–H and O–H groups in total. The third kappa shape index (κ3) is 6.21. The Bertz CT molecular complexity index is 1300. The lowest BCUT2D eigenvalue weighted by atomic mass is 9.76. The molecular formula is C30H30O6. The van der Waals surface area contributed by atoms with Gasteiger partial charge in [0.15, 0.2) is 23.0 Å². The summed E-state index contributed by atoms with van der Waals surface area (Å²) in [6.07, 6.45) is 2.70. The smallest absolute Gasteiger partial charge is 0.157 e. The molecular weight excluding hydrogens is 456 g/mol. The Morgan fingerprint density at radius 2 is 0.972 bits per heavy atom. The summed E-state index contributed by atoms with van der Waals surface area (Å²) in [5.41, 5.74) is 3.82. The monoisotopic (exact) mass is 486 g/mol. The molecule has 0 amide bonds. The zero-order valence-corrected chi connectivity index (χ0v) is 19.7. The summed E-state index contributed by atoms with van der Waals surface area (Å²) < 4.78 is 0. The van der Waals surface area contributed by atoms with Gasteiger partial charge in [0.2, 0.25) is 0 Å². The Morgan fingerprint density at radius 3 is 1.53 bits per heavy atom. The third-order valence-electron chi connectivity index (χ3n) is 6.67. The zero-order chi connectivity index (χ0) is 25.7. The van der Waals surface area contributed by atoms with E-state index in [0.29, 0.717) is 19.3 Å². The lowest BCUT2D eigenvalue weighted by molar-refractivity contribution is 0.379. The van der Waals surface area contributed by atoms with Gasteiger partial charge in [-0.25, -0.2) is 0 Å². The molecule has 4 aromatic rings. The van der Waals surface area contributed by atoms with Gasteiger partial charge in [-0.3, -0.25) is 0 Å². The van der Waals surface area contributed by atoms with Crippen LogP contribution in [0.4, 0.5) is 0 Å². The molecule has 4 aromatic carbocycles. The maximum atomic E-state index is 10.3. The normalized spacial score (nSPS) is 12.8. The van der Waals surface area contributed by atoms with Gasteiger partial charge in [0.25, 0.3) is 0 Å². The number of hydrogen-bond acceptors (Lipinski definition) is 6. The number of aryl methyl sites for hydroxylation is 1. The van der Waals surface area contributed by atoms with E-state index >= 15 is 0 Å². The molecule has 0 aliphatic rings. The van der Waals surface area contributed by atoms with Crippen LogP contribution in [0.3, 0.4) is 0 Å². The second-order valence-electron chi connectivity index (χ2n) is 9.22. The molecule has 6 nitrogen and oxygen atoms in total. The molecule has 0 bridgehead atoms. The van der Waals surface area contributed by atoms with E-state index < -0.39 is 0 Å². The van der Waals surface area contributed by atoms with Gasteiger partial charge in [0.05, 0.1) is 0 Å². The van der Waals surface area contributed by atoms with E-state index in [0.717, 1.165) is 28.7 Å². The number of aromatic hydroxyl groups is 6. The predicted octanol–water partition coefficient (Wildman–Crippen LogP) is 5.74. The Balaban J connectivity index is 1.70. The zero-order valence-electron chi connectivity index (χ0n) is 19.7. The molecule has 0 saturated heterocycles. The highest BCUT2D eigenvalue weighted by molar-refractivity contribution is 5.43. The van der Waals surface area contributed by atoms with E-state index in [1.807, 2.05) is 30.3 Å². The maximum Gasteiger partial charge on any atom is 0.157 e. The van der Waals surface area contributed by atoms with Crippen LogP contribution in [-0.2, 0) is 19.3 Å². The van der Waals surface area contributed by atoms with Crippen molar-refractivity contribution in [3.8, 4) is 34.5 Å². The Kier molecular flexibility index (Phi) is 7.54. The van der Waals surface area contributed by atoms with Gasteiger partial charge in [-0.1, -0.05) is 36.4 Å². The molecule has 2 atom stereocenters. The van der Waals surface area contributed by atoms with Crippen molar-refractivity contribution in [2.45, 2.75) is 31.6 Å². The molecule has 36 heavy (non-hydrogen) atoms. The largest absolute Gasteiger partial charge is 0.508 e. The van der Waals surface area contributed by atoms with Crippen LogP contribution in [0.15, 0.2) is 84.9 Å². The molecule has 0 fully saturated rings. The summed E-state index contributed by atoms with van der Waals surface area (Å²) in [5, 5.41) is 59.2. The minimum atomic E-state index is -0.185. The van der Waals surface area contributed by atoms with Crippen molar-refractivity contribution in [3.05, 3.63) is 107 Å². The Morgan fingerprint density at radius 1 is 0.472 bits per heavy atom. The fraction of sp³-hybridized carbons (Fsp3) is 0.200. The SMILES string of the molecule is Oc1ccc(C[C@@H](CCc2ccc(O)c(O)c2)[C@@H](Cc2ccc(O)cc2)c2ccc(O)c(O)c2)cc1. The summed E-state index contributed by atoms with van der Waals surface area (Å²) in [5.74, 6) is -0.296. The van der Waals surface area contributed by atoms with Crippen LogP contribution >= 0.6 is 0 Å². The average molecular weight is 487 g/mol. The third-order valence-corrected chi connectivity index (χ3v) is 6.67. The van der Waals surface area contributed by atoms with Crippen molar-refractivity contribution >= 4 is 0 Å². The predicted molar refractivity (Wildman–Crippen MR) is 138 cm³/mol. The highest BCUT2D eigenvalue weighted by Crippen LogP contribution is 2.38. The quantitative estimate of drug-likeness (QED) is 0.168. The second-order valence-corrected chi connectivity index (χ2v) is 9.22. The first-order valence-electron chi connectivity index (χ1n) is 11.9. The standard InChI is InChI=1S/C30H30O6/c31-24-9-2-19(3-10-24)15-22(7-1-21-6-13-27(33)29(35)17-21)26(16-20-4-11-25(32)12-5-20)23-8-14-28(34)30(36)18-23/h2-6,8-14,17-18,22,26,31-36H,1,7,15-16H2/t22-,26-/m1/s1. The Hall–Kier alpha value is -4.32. The van der Waals surface area contributed by atoms with Gasteiger partial charge >= 0.3 is 0 Å². The number of hydrogen-bond donors (Lipinski definition) is 6. The molecule has 0 heterocycles. The van der Waals surface area contributed by atoms with Gasteiger partial charge in [0, 0.05) is 0 Å².